The summed E-state index contributed by atoms with van der Waals surface area (Å²) in [4.78, 5) is 27.7. The minimum Gasteiger partial charge on any atom is -0.508 e. The van der Waals surface area contributed by atoms with Crippen molar-refractivity contribution in [2.45, 2.75) is 52.4 Å². The second-order valence-corrected chi connectivity index (χ2v) is 11.2. The number of aromatic nitrogens is 2. The van der Waals surface area contributed by atoms with Crippen LogP contribution >= 0.6 is 22.7 Å². The van der Waals surface area contributed by atoms with E-state index < -0.39 is 0 Å². The summed E-state index contributed by atoms with van der Waals surface area (Å²) in [6.07, 6.45) is 0. The van der Waals surface area contributed by atoms with Gasteiger partial charge in [0, 0.05) is 6.07 Å². The lowest BCUT2D eigenvalue weighted by Gasteiger charge is -2.19. The van der Waals surface area contributed by atoms with Crippen LogP contribution in [0.5, 0.6) is 11.5 Å². The smallest absolute Gasteiger partial charge is 0.305 e. The van der Waals surface area contributed by atoms with E-state index in [1.165, 1.54) is 11.3 Å². The van der Waals surface area contributed by atoms with Crippen molar-refractivity contribution in [1.29, 1.82) is 0 Å². The van der Waals surface area contributed by atoms with Gasteiger partial charge in [0.25, 0.3) is 0 Å². The Bertz CT molecular complexity index is 1330. The van der Waals surface area contributed by atoms with Gasteiger partial charge in [-0.15, -0.1) is 0 Å². The van der Waals surface area contributed by atoms with Crippen molar-refractivity contribution in [2.24, 2.45) is 0 Å². The Hall–Kier alpha value is -2.58. The lowest BCUT2D eigenvalue weighted by atomic mass is 9.87. The molecular weight excluding hydrogens is 420 g/mol. The lowest BCUT2D eigenvalue weighted by Crippen LogP contribution is -2.10. The van der Waals surface area contributed by atoms with Crippen molar-refractivity contribution in [2.75, 3.05) is 0 Å². The average molecular weight is 447 g/mol. The van der Waals surface area contributed by atoms with Crippen molar-refractivity contribution >= 4 is 43.1 Å². The molecule has 0 spiro atoms. The van der Waals surface area contributed by atoms with Crippen LogP contribution in [0.3, 0.4) is 0 Å². The topological polar surface area (TPSA) is 106 Å². The van der Waals surface area contributed by atoms with E-state index in [1.807, 2.05) is 6.07 Å². The number of benzene rings is 2. The van der Waals surface area contributed by atoms with Crippen LogP contribution in [0.2, 0.25) is 0 Å². The zero-order chi connectivity index (χ0) is 22.4. The molecule has 0 radical (unpaired) electrons. The van der Waals surface area contributed by atoms with E-state index in [9.17, 15) is 19.8 Å². The normalized spacial score (nSPS) is 12.2. The molecule has 8 heteroatoms. The molecule has 0 bridgehead atoms. The molecule has 2 heterocycles. The third-order valence-corrected chi connectivity index (χ3v) is 6.53. The largest absolute Gasteiger partial charge is 0.508 e. The van der Waals surface area contributed by atoms with E-state index in [0.29, 0.717) is 5.52 Å². The van der Waals surface area contributed by atoms with Gasteiger partial charge in [0.15, 0.2) is 0 Å². The van der Waals surface area contributed by atoms with Gasteiger partial charge >= 0.3 is 9.75 Å². The second-order valence-electron chi connectivity index (χ2n) is 9.24. The highest BCUT2D eigenvalue weighted by Gasteiger charge is 2.20. The molecule has 0 unspecified atom stereocenters. The second kappa shape index (κ2) is 7.59. The van der Waals surface area contributed by atoms with E-state index in [4.69, 9.17) is 0 Å². The summed E-state index contributed by atoms with van der Waals surface area (Å²) in [5.74, 6) is 0.331. The standard InChI is InChI=1S/2C11H13NO2S/c1-11(2,3)7-4-6(13)5-8-9(7)15-10(14)12-8;1-11(2,3)6-4-5-7(13)8-9(6)15-10(14)12-8/h2*4-5,13H,1-3H3,(H,12,14). The number of thiazole rings is 2. The summed E-state index contributed by atoms with van der Waals surface area (Å²) in [5.41, 5.74) is 3.24. The Morgan fingerprint density at radius 1 is 0.767 bits per heavy atom. The zero-order valence-corrected chi connectivity index (χ0v) is 19.5. The highest BCUT2D eigenvalue weighted by Crippen LogP contribution is 2.35. The Labute approximate surface area is 181 Å². The predicted molar refractivity (Wildman–Crippen MR) is 126 cm³/mol. The van der Waals surface area contributed by atoms with Gasteiger partial charge in [-0.2, -0.15) is 0 Å². The van der Waals surface area contributed by atoms with Gasteiger partial charge in [0.2, 0.25) is 0 Å². The number of H-pyrrole nitrogens is 2. The van der Waals surface area contributed by atoms with Crippen molar-refractivity contribution in [1.82, 2.24) is 9.97 Å². The van der Waals surface area contributed by atoms with Gasteiger partial charge in [0.05, 0.1) is 14.9 Å². The fraction of sp³-hybridized carbons (Fsp3) is 0.364. The summed E-state index contributed by atoms with van der Waals surface area (Å²) in [6, 6.07) is 6.82. The van der Waals surface area contributed by atoms with Gasteiger partial charge in [0.1, 0.15) is 17.0 Å². The van der Waals surface area contributed by atoms with Crippen LogP contribution < -0.4 is 9.75 Å². The van der Waals surface area contributed by atoms with Crippen molar-refractivity contribution in [3.8, 4) is 11.5 Å². The maximum absolute atomic E-state index is 11.3. The molecule has 30 heavy (non-hydrogen) atoms. The van der Waals surface area contributed by atoms with Crippen LogP contribution in [0.4, 0.5) is 0 Å². The SMILES string of the molecule is CC(C)(C)c1cc(O)cc2[nH]c(=O)sc12.CC(C)(C)c1ccc(O)c2[nH]c(=O)sc12. The van der Waals surface area contributed by atoms with Gasteiger partial charge < -0.3 is 20.2 Å². The first-order valence-electron chi connectivity index (χ1n) is 9.49. The van der Waals surface area contributed by atoms with Crippen LogP contribution in [0.1, 0.15) is 52.7 Å². The number of fused-ring (bicyclic) bond motifs is 2. The number of phenols is 2. The number of phenolic OH excluding ortho intramolecular Hbond substituents is 2. The summed E-state index contributed by atoms with van der Waals surface area (Å²) in [7, 11) is 0. The van der Waals surface area contributed by atoms with Gasteiger partial charge in [-0.1, -0.05) is 70.3 Å². The molecule has 0 saturated heterocycles. The molecular formula is C22H26N2O4S2. The Balaban J connectivity index is 0.000000171. The minimum absolute atomic E-state index is 0.0307. The Morgan fingerprint density at radius 2 is 1.33 bits per heavy atom. The number of aromatic amines is 2. The fourth-order valence-corrected chi connectivity index (χ4v) is 5.33. The van der Waals surface area contributed by atoms with Crippen LogP contribution in [0.25, 0.3) is 20.4 Å². The molecule has 4 N–H and O–H groups in total. The molecule has 2 aromatic heterocycles. The average Bonchev–Trinajstić information content (AvgIpc) is 3.14. The van der Waals surface area contributed by atoms with Crippen LogP contribution in [-0.4, -0.2) is 20.2 Å². The van der Waals surface area contributed by atoms with Crippen molar-refractivity contribution in [3.63, 3.8) is 0 Å². The third kappa shape index (κ3) is 4.44. The number of hydrogen-bond donors (Lipinski definition) is 4. The fourth-order valence-electron chi connectivity index (χ4n) is 3.21. The summed E-state index contributed by atoms with van der Waals surface area (Å²) < 4.78 is 1.79. The maximum Gasteiger partial charge on any atom is 0.305 e. The number of rotatable bonds is 0. The van der Waals surface area contributed by atoms with E-state index in [0.717, 1.165) is 37.4 Å². The molecule has 0 saturated carbocycles. The molecule has 160 valence electrons. The maximum atomic E-state index is 11.3. The number of nitrogens with one attached hydrogen (secondary N) is 2. The minimum atomic E-state index is -0.128. The Morgan fingerprint density at radius 3 is 1.93 bits per heavy atom. The first-order valence-corrected chi connectivity index (χ1v) is 11.1. The highest BCUT2D eigenvalue weighted by molar-refractivity contribution is 7.17. The molecule has 0 aliphatic rings. The lowest BCUT2D eigenvalue weighted by molar-refractivity contribution is 0.472. The van der Waals surface area contributed by atoms with E-state index in [-0.39, 0.29) is 32.1 Å². The van der Waals surface area contributed by atoms with Crippen LogP contribution in [0, 0.1) is 0 Å². The monoisotopic (exact) mass is 446 g/mol. The first-order chi connectivity index (χ1) is 13.8. The predicted octanol–water partition coefficient (Wildman–Crippen LogP) is 5.19. The van der Waals surface area contributed by atoms with Gasteiger partial charge in [-0.25, -0.2) is 0 Å². The van der Waals surface area contributed by atoms with Gasteiger partial charge in [-0.05, 0) is 34.1 Å². The highest BCUT2D eigenvalue weighted by atomic mass is 32.1. The van der Waals surface area contributed by atoms with Crippen molar-refractivity contribution < 1.29 is 10.2 Å². The molecule has 0 aliphatic heterocycles. The molecule has 2 aromatic carbocycles. The summed E-state index contributed by atoms with van der Waals surface area (Å²) in [5, 5.41) is 19.2. The van der Waals surface area contributed by atoms with Gasteiger partial charge in [-0.3, -0.25) is 9.59 Å². The van der Waals surface area contributed by atoms with E-state index in [1.54, 1.807) is 18.2 Å². The van der Waals surface area contributed by atoms with Crippen molar-refractivity contribution in [3.05, 3.63) is 54.7 Å². The first kappa shape index (κ1) is 22.1. The molecule has 0 amide bonds. The third-order valence-electron chi connectivity index (χ3n) is 4.68. The number of aromatic hydroxyl groups is 2. The molecule has 0 aliphatic carbocycles. The molecule has 4 aromatic rings. The molecule has 0 atom stereocenters. The van der Waals surface area contributed by atoms with Crippen LogP contribution in [-0.2, 0) is 10.8 Å². The quantitative estimate of drug-likeness (QED) is 0.298. The summed E-state index contributed by atoms with van der Waals surface area (Å²) >= 11 is 2.34. The Kier molecular flexibility index (Phi) is 5.60. The van der Waals surface area contributed by atoms with E-state index in [2.05, 4.69) is 51.5 Å². The van der Waals surface area contributed by atoms with E-state index >= 15 is 0 Å². The summed E-state index contributed by atoms with van der Waals surface area (Å²) in [6.45, 7) is 12.4. The molecule has 4 rings (SSSR count). The molecule has 6 nitrogen and oxygen atoms in total. The zero-order valence-electron chi connectivity index (χ0n) is 17.8. The number of hydrogen-bond acceptors (Lipinski definition) is 6. The molecule has 0 fully saturated rings. The van der Waals surface area contributed by atoms with Crippen LogP contribution in [0.15, 0.2) is 33.9 Å².